The molecule has 21 heavy (non-hydrogen) atoms. The number of carbonyl (C=O) groups excluding carboxylic acids is 1. The number of benzene rings is 1. The Morgan fingerprint density at radius 1 is 1.29 bits per heavy atom. The fourth-order valence-corrected chi connectivity index (χ4v) is 2.93. The number of hydrogen-bond acceptors (Lipinski definition) is 4. The lowest BCUT2D eigenvalue weighted by Crippen LogP contribution is -2.43. The average Bonchev–Trinajstić information content (AvgIpc) is 3.03. The van der Waals surface area contributed by atoms with Crippen LogP contribution in [-0.2, 0) is 4.74 Å². The quantitative estimate of drug-likeness (QED) is 0.632. The van der Waals surface area contributed by atoms with E-state index in [0.717, 1.165) is 19.3 Å². The molecule has 2 heterocycles. The van der Waals surface area contributed by atoms with Gasteiger partial charge in [0.15, 0.2) is 5.75 Å². The number of carbonyl (C=O) groups is 2. The summed E-state index contributed by atoms with van der Waals surface area (Å²) in [5, 5.41) is 24.0. The van der Waals surface area contributed by atoms with Crippen LogP contribution in [0.2, 0.25) is 0 Å². The number of anilines is 1. The van der Waals surface area contributed by atoms with Crippen molar-refractivity contribution in [3.63, 3.8) is 0 Å². The number of urea groups is 1. The van der Waals surface area contributed by atoms with Crippen LogP contribution in [0.3, 0.4) is 0 Å². The number of carboxylic acid groups (broad SMARTS) is 1. The van der Waals surface area contributed by atoms with Crippen molar-refractivity contribution in [1.29, 1.82) is 0 Å². The molecule has 2 amide bonds. The summed E-state index contributed by atoms with van der Waals surface area (Å²) in [4.78, 5) is 22.9. The average molecular weight is 292 g/mol. The summed E-state index contributed by atoms with van der Waals surface area (Å²) in [6.07, 6.45) is 3.05. The molecule has 3 unspecified atom stereocenters. The maximum absolute atomic E-state index is 11.9. The van der Waals surface area contributed by atoms with Gasteiger partial charge in [0.2, 0.25) is 0 Å². The Morgan fingerprint density at radius 2 is 2.10 bits per heavy atom. The van der Waals surface area contributed by atoms with Crippen LogP contribution in [0.4, 0.5) is 10.5 Å². The number of carboxylic acids is 1. The van der Waals surface area contributed by atoms with Gasteiger partial charge in [0.05, 0.1) is 23.9 Å². The Labute approximate surface area is 120 Å². The number of hydrogen-bond donors (Lipinski definition) is 4. The van der Waals surface area contributed by atoms with Gasteiger partial charge in [0.1, 0.15) is 5.56 Å². The Hall–Kier alpha value is -2.28. The molecule has 2 bridgehead atoms. The molecule has 4 N–H and O–H groups in total. The lowest BCUT2D eigenvalue weighted by molar-refractivity contribution is 0.0693. The van der Waals surface area contributed by atoms with E-state index in [2.05, 4.69) is 10.6 Å². The molecule has 1 aromatic rings. The molecule has 2 aliphatic heterocycles. The van der Waals surface area contributed by atoms with Crippen molar-refractivity contribution in [2.75, 3.05) is 5.32 Å². The standard InChI is InChI=1S/C14H16N2O5/c17-12-8(13(18)19)2-1-3-9(12)15-14(20)16-10-6-7-4-5-11(10)21-7/h1-3,7,10-11,17H,4-6H2,(H,18,19)(H2,15,16,20). The largest absolute Gasteiger partial charge is 0.505 e. The Kier molecular flexibility index (Phi) is 3.42. The SMILES string of the molecule is O=C(Nc1cccc(C(=O)O)c1O)NC1CC2CCC1O2. The molecular formula is C14H16N2O5. The number of nitrogens with one attached hydrogen (secondary N) is 2. The number of rotatable bonds is 3. The van der Waals surface area contributed by atoms with Crippen LogP contribution in [-0.4, -0.2) is 40.5 Å². The maximum atomic E-state index is 11.9. The normalized spacial score (nSPS) is 26.6. The number of fused-ring (bicyclic) bond motifs is 2. The summed E-state index contributed by atoms with van der Waals surface area (Å²) in [6, 6.07) is 3.66. The molecule has 3 rings (SSSR count). The summed E-state index contributed by atoms with van der Waals surface area (Å²) in [6.45, 7) is 0. The van der Waals surface area contributed by atoms with Gasteiger partial charge in [-0.05, 0) is 31.4 Å². The highest BCUT2D eigenvalue weighted by molar-refractivity contribution is 5.97. The van der Waals surface area contributed by atoms with E-state index in [-0.39, 0.29) is 29.5 Å². The number of aromatic carboxylic acids is 1. The minimum absolute atomic E-state index is 0.0338. The van der Waals surface area contributed by atoms with Crippen LogP contribution in [0.1, 0.15) is 29.6 Å². The highest BCUT2D eigenvalue weighted by Gasteiger charge is 2.41. The molecule has 1 aromatic carbocycles. The predicted molar refractivity (Wildman–Crippen MR) is 73.5 cm³/mol. The summed E-state index contributed by atoms with van der Waals surface area (Å²) in [5.41, 5.74) is -0.187. The third kappa shape index (κ3) is 2.64. The highest BCUT2D eigenvalue weighted by atomic mass is 16.5. The van der Waals surface area contributed by atoms with Crippen molar-refractivity contribution < 1.29 is 24.5 Å². The molecular weight excluding hydrogens is 276 g/mol. The van der Waals surface area contributed by atoms with E-state index >= 15 is 0 Å². The lowest BCUT2D eigenvalue weighted by Gasteiger charge is -2.20. The zero-order valence-corrected chi connectivity index (χ0v) is 11.2. The van der Waals surface area contributed by atoms with Crippen LogP contribution >= 0.6 is 0 Å². The summed E-state index contributed by atoms with van der Waals surface area (Å²) in [5.74, 6) is -1.71. The molecule has 112 valence electrons. The Balaban J connectivity index is 1.65. The molecule has 0 saturated carbocycles. The van der Waals surface area contributed by atoms with Gasteiger partial charge < -0.3 is 25.6 Å². The third-order valence-corrected chi connectivity index (χ3v) is 3.94. The first-order chi connectivity index (χ1) is 10.0. The number of phenols is 1. The van der Waals surface area contributed by atoms with Crippen LogP contribution in [0.5, 0.6) is 5.75 Å². The summed E-state index contributed by atoms with van der Waals surface area (Å²) in [7, 11) is 0. The molecule has 0 aliphatic carbocycles. The van der Waals surface area contributed by atoms with Crippen LogP contribution < -0.4 is 10.6 Å². The molecule has 2 fully saturated rings. The molecule has 3 atom stereocenters. The Bertz CT molecular complexity index is 589. The van der Waals surface area contributed by atoms with E-state index in [1.165, 1.54) is 18.2 Å². The molecule has 0 radical (unpaired) electrons. The lowest BCUT2D eigenvalue weighted by atomic mass is 9.96. The molecule has 7 heteroatoms. The smallest absolute Gasteiger partial charge is 0.339 e. The second-order valence-electron chi connectivity index (χ2n) is 5.32. The van der Waals surface area contributed by atoms with Crippen molar-refractivity contribution in [2.45, 2.75) is 37.5 Å². The van der Waals surface area contributed by atoms with Crippen molar-refractivity contribution in [3.8, 4) is 5.75 Å². The van der Waals surface area contributed by atoms with Gasteiger partial charge in [0.25, 0.3) is 0 Å². The van der Waals surface area contributed by atoms with E-state index in [0.29, 0.717) is 0 Å². The number of para-hydroxylation sites is 1. The van der Waals surface area contributed by atoms with Gasteiger partial charge in [-0.15, -0.1) is 0 Å². The van der Waals surface area contributed by atoms with E-state index < -0.39 is 17.7 Å². The van der Waals surface area contributed by atoms with Gasteiger partial charge in [0, 0.05) is 0 Å². The fourth-order valence-electron chi connectivity index (χ4n) is 2.93. The van der Waals surface area contributed by atoms with Crippen LogP contribution in [0.15, 0.2) is 18.2 Å². The van der Waals surface area contributed by atoms with Crippen molar-refractivity contribution >= 4 is 17.7 Å². The van der Waals surface area contributed by atoms with Gasteiger partial charge in [-0.3, -0.25) is 0 Å². The van der Waals surface area contributed by atoms with Crippen molar-refractivity contribution in [2.24, 2.45) is 0 Å². The maximum Gasteiger partial charge on any atom is 0.339 e. The van der Waals surface area contributed by atoms with E-state index in [1.54, 1.807) is 0 Å². The third-order valence-electron chi connectivity index (χ3n) is 3.94. The number of amides is 2. The highest BCUT2D eigenvalue weighted by Crippen LogP contribution is 2.34. The summed E-state index contributed by atoms with van der Waals surface area (Å²) >= 11 is 0. The van der Waals surface area contributed by atoms with Crippen molar-refractivity contribution in [3.05, 3.63) is 23.8 Å². The van der Waals surface area contributed by atoms with Gasteiger partial charge >= 0.3 is 12.0 Å². The van der Waals surface area contributed by atoms with Gasteiger partial charge in [-0.1, -0.05) is 6.07 Å². The number of ether oxygens (including phenoxy) is 1. The van der Waals surface area contributed by atoms with E-state index in [9.17, 15) is 14.7 Å². The predicted octanol–water partition coefficient (Wildman–Crippen LogP) is 1.53. The van der Waals surface area contributed by atoms with Crippen molar-refractivity contribution in [1.82, 2.24) is 5.32 Å². The van der Waals surface area contributed by atoms with E-state index in [4.69, 9.17) is 9.84 Å². The summed E-state index contributed by atoms with van der Waals surface area (Å²) < 4.78 is 5.64. The van der Waals surface area contributed by atoms with Crippen LogP contribution in [0, 0.1) is 0 Å². The Morgan fingerprint density at radius 3 is 2.71 bits per heavy atom. The van der Waals surface area contributed by atoms with Gasteiger partial charge in [-0.2, -0.15) is 0 Å². The molecule has 2 saturated heterocycles. The monoisotopic (exact) mass is 292 g/mol. The first-order valence-electron chi connectivity index (χ1n) is 6.83. The zero-order valence-electron chi connectivity index (χ0n) is 11.2. The second kappa shape index (κ2) is 5.25. The minimum atomic E-state index is -1.25. The van der Waals surface area contributed by atoms with Crippen LogP contribution in [0.25, 0.3) is 0 Å². The molecule has 0 aromatic heterocycles. The first-order valence-corrected chi connectivity index (χ1v) is 6.83. The van der Waals surface area contributed by atoms with E-state index in [1.807, 2.05) is 0 Å². The fraction of sp³-hybridized carbons (Fsp3) is 0.429. The first kappa shape index (κ1) is 13.7. The van der Waals surface area contributed by atoms with Gasteiger partial charge in [-0.25, -0.2) is 9.59 Å². The molecule has 2 aliphatic rings. The zero-order chi connectivity index (χ0) is 15.0. The topological polar surface area (TPSA) is 108 Å². The molecule has 7 nitrogen and oxygen atoms in total. The second-order valence-corrected chi connectivity index (χ2v) is 5.32. The number of aromatic hydroxyl groups is 1. The minimum Gasteiger partial charge on any atom is -0.505 e. The molecule has 0 spiro atoms.